The molecule has 0 aromatic rings. The molecule has 0 radical (unpaired) electrons. The number of hydrogen-bond donors (Lipinski definition) is 3. The van der Waals surface area contributed by atoms with E-state index in [1.54, 1.807) is 20.8 Å². The zero-order valence-corrected chi connectivity index (χ0v) is 64.1. The minimum absolute atomic E-state index is 0.000823. The van der Waals surface area contributed by atoms with Crippen molar-refractivity contribution in [1.82, 2.24) is 60.0 Å². The van der Waals surface area contributed by atoms with Gasteiger partial charge in [-0.3, -0.25) is 57.5 Å². The summed E-state index contributed by atoms with van der Waals surface area (Å²) in [6.07, 6.45) is 3.57. The van der Waals surface area contributed by atoms with Crippen LogP contribution in [0.4, 0.5) is 13.2 Å². The Morgan fingerprint density at radius 3 is 1.86 bits per heavy atom. The van der Waals surface area contributed by atoms with Crippen molar-refractivity contribution in [2.75, 3.05) is 101 Å². The molecule has 12 amide bonds. The van der Waals surface area contributed by atoms with Gasteiger partial charge in [0.2, 0.25) is 70.9 Å². The fraction of sp³-hybridized carbons (Fsp3) is 0.838. The molecule has 29 heteroatoms. The Balaban J connectivity index is 1.29. The molecule has 7 rings (SSSR count). The summed E-state index contributed by atoms with van der Waals surface area (Å²) in [5, 5.41) is 7.68. The van der Waals surface area contributed by atoms with Gasteiger partial charge in [0, 0.05) is 73.3 Å². The second kappa shape index (κ2) is 37.8. The average molecular weight is 1480 g/mol. The van der Waals surface area contributed by atoms with Gasteiger partial charge in [-0.1, -0.05) is 92.4 Å². The number of nitrogens with one attached hydrogen (secondary N) is 3. The summed E-state index contributed by atoms with van der Waals surface area (Å²) in [6, 6.07) is -8.63. The molecule has 3 aliphatic heterocycles. The Labute approximate surface area is 613 Å². The summed E-state index contributed by atoms with van der Waals surface area (Å²) >= 11 is 6.44. The van der Waals surface area contributed by atoms with Crippen molar-refractivity contribution in [2.24, 2.45) is 41.4 Å². The number of likely N-dealkylation sites (N-methyl/N-ethyl adjacent to an activating group) is 7. The molecule has 3 heterocycles. The van der Waals surface area contributed by atoms with E-state index in [1.165, 1.54) is 74.4 Å². The van der Waals surface area contributed by atoms with Gasteiger partial charge in [-0.25, -0.2) is 0 Å². The summed E-state index contributed by atoms with van der Waals surface area (Å²) < 4.78 is 47.8. The summed E-state index contributed by atoms with van der Waals surface area (Å²) in [7, 11) is 7.20. The number of hydrogen-bond acceptors (Lipinski definition) is 13. The Hall–Kier alpha value is -6.32. The molecule has 0 aromatic carbocycles. The van der Waals surface area contributed by atoms with Gasteiger partial charge in [-0.05, 0) is 133 Å². The van der Waals surface area contributed by atoms with Crippen molar-refractivity contribution < 1.29 is 75.4 Å². The zero-order valence-electron chi connectivity index (χ0n) is 63.3. The first-order valence-corrected chi connectivity index (χ1v) is 38.8. The number of nitrogens with zero attached hydrogens (tertiary/aromatic N) is 9. The van der Waals surface area contributed by atoms with Crippen LogP contribution >= 0.6 is 11.6 Å². The number of carbonyl (C=O) groups is 12. The molecule has 3 saturated heterocycles. The SMILES string of the molecule is CC[C@H](C)[C@@H]1NC(=O)[C@H](CC(C)C)N(C)C(=O)C[C@@H](C(=O)N2CCOCC2)N(C)C(=O)[C@H](C2CCCC2)N(C)C(=O)C2(CCCC2)NC(=O)[C@@H]2CCCN2C(=O)[C@H](CCC2CCC(C(F)(F)F)C(Cl)C2)NC(=O)CN(CC)C(=O)[C@H](CC2CCC(C)CC2)N(CC)C(=O)CN(C)C(=O)CN(C)C1=O. The van der Waals surface area contributed by atoms with Gasteiger partial charge in [0.15, 0.2) is 0 Å². The maximum Gasteiger partial charge on any atom is 0.393 e. The third-order valence-electron chi connectivity index (χ3n) is 23.7. The number of ether oxygens (including phenoxy) is 1. The van der Waals surface area contributed by atoms with Crippen LogP contribution in [0, 0.1) is 41.4 Å². The lowest BCUT2D eigenvalue weighted by Gasteiger charge is -2.42. The molecule has 0 bridgehead atoms. The van der Waals surface area contributed by atoms with Gasteiger partial charge in [0.1, 0.15) is 47.8 Å². The van der Waals surface area contributed by atoms with Crippen LogP contribution < -0.4 is 16.0 Å². The standard InChI is InChI=1S/C74H120ClF3N12O13/c1-13-48(7)63-70(100)83(9)44-61(93)82(8)45-62(94)89(15-3)58(41-50-26-24-47(6)25-27-50)69(99)87(14-2)43-59(91)79-54(31-29-49-28-30-52(53(75)40-49)74(76,77)78)67(97)90-34-20-23-55(90)66(96)81-73(32-18-19-33-73)72(102)86(12)64(51-21-16-17-22-51)71(101)85(11)57(68(98)88-35-37-103-38-36-88)42-60(92)84(10)56(39-46(4)5)65(95)80-63/h46-58,63-64H,13-45H2,1-12H3,(H,79,91)(H,80,95)(H,81,96)/t47?,48-,49?,50?,52?,53?,54-,55-,56-,57-,58-,63-,64-/m0/s1. The fourth-order valence-corrected chi connectivity index (χ4v) is 17.5. The van der Waals surface area contributed by atoms with Gasteiger partial charge in [-0.15, -0.1) is 11.6 Å². The highest BCUT2D eigenvalue weighted by Crippen LogP contribution is 2.44. The highest BCUT2D eigenvalue weighted by Gasteiger charge is 2.53. The van der Waals surface area contributed by atoms with Crippen LogP contribution in [0.1, 0.15) is 196 Å². The Morgan fingerprint density at radius 1 is 0.641 bits per heavy atom. The summed E-state index contributed by atoms with van der Waals surface area (Å²) in [4.78, 5) is 193. The quantitative estimate of drug-likeness (QED) is 0.180. The lowest BCUT2D eigenvalue weighted by Crippen LogP contribution is -2.65. The van der Waals surface area contributed by atoms with Gasteiger partial charge in [0.25, 0.3) is 0 Å². The highest BCUT2D eigenvalue weighted by atomic mass is 35.5. The topological polar surface area (TPSA) is 279 Å². The molecule has 4 aliphatic carbocycles. The second-order valence-corrected chi connectivity index (χ2v) is 32.0. The average Bonchev–Trinajstić information content (AvgIpc) is 1.74. The number of halogens is 4. The predicted molar refractivity (Wildman–Crippen MR) is 381 cm³/mol. The van der Waals surface area contributed by atoms with Crippen LogP contribution in [0.2, 0.25) is 0 Å². The normalized spacial score (nSPS) is 30.7. The van der Waals surface area contributed by atoms with E-state index in [9.17, 15) is 37.1 Å². The third-order valence-corrected chi connectivity index (χ3v) is 24.2. The van der Waals surface area contributed by atoms with Crippen LogP contribution in [0.3, 0.4) is 0 Å². The molecule has 7 aliphatic rings. The largest absolute Gasteiger partial charge is 0.393 e. The van der Waals surface area contributed by atoms with Crippen LogP contribution in [0.15, 0.2) is 0 Å². The number of morpholine rings is 1. The first-order valence-electron chi connectivity index (χ1n) is 38.3. The summed E-state index contributed by atoms with van der Waals surface area (Å²) in [5.74, 6) is -10.2. The first-order chi connectivity index (χ1) is 48.7. The molecule has 3 N–H and O–H groups in total. The highest BCUT2D eigenvalue weighted by molar-refractivity contribution is 6.21. The van der Waals surface area contributed by atoms with Crippen LogP contribution in [-0.2, 0) is 62.3 Å². The van der Waals surface area contributed by atoms with Crippen molar-refractivity contribution in [3.8, 4) is 0 Å². The molecule has 25 nitrogen and oxygen atoms in total. The molecule has 0 aromatic heterocycles. The maximum atomic E-state index is 15.7. The van der Waals surface area contributed by atoms with Gasteiger partial charge >= 0.3 is 6.18 Å². The van der Waals surface area contributed by atoms with Crippen LogP contribution in [0.25, 0.3) is 0 Å². The molecule has 103 heavy (non-hydrogen) atoms. The number of carbonyl (C=O) groups excluding carboxylic acids is 12. The van der Waals surface area contributed by atoms with Gasteiger partial charge < -0.3 is 64.8 Å². The van der Waals surface area contributed by atoms with E-state index in [2.05, 4.69) is 22.9 Å². The number of amides is 12. The fourth-order valence-electron chi connectivity index (χ4n) is 17.0. The number of alkyl halides is 4. The maximum absolute atomic E-state index is 15.7. The van der Waals surface area contributed by atoms with Crippen LogP contribution in [0.5, 0.6) is 0 Å². The third kappa shape index (κ3) is 21.3. The van der Waals surface area contributed by atoms with Crippen molar-refractivity contribution in [3.63, 3.8) is 0 Å². The Bertz CT molecular complexity index is 2980. The van der Waals surface area contributed by atoms with Gasteiger partial charge in [0.05, 0.1) is 45.2 Å². The second-order valence-electron chi connectivity index (χ2n) is 31.4. The van der Waals surface area contributed by atoms with E-state index in [0.717, 1.165) is 43.4 Å². The molecular formula is C74H120ClF3N12O13. The van der Waals surface area contributed by atoms with Crippen molar-refractivity contribution >= 4 is 82.5 Å². The first kappa shape index (κ1) is 83.9. The smallest absolute Gasteiger partial charge is 0.378 e. The van der Waals surface area contributed by atoms with Crippen molar-refractivity contribution in [1.29, 1.82) is 0 Å². The van der Waals surface area contributed by atoms with Crippen molar-refractivity contribution in [2.45, 2.75) is 256 Å². The van der Waals surface area contributed by atoms with Crippen molar-refractivity contribution in [3.05, 3.63) is 0 Å². The van der Waals surface area contributed by atoms with E-state index in [1.807, 2.05) is 20.8 Å². The summed E-state index contributed by atoms with van der Waals surface area (Å²) in [6.45, 7) is 12.1. The number of rotatable bonds is 13. The van der Waals surface area contributed by atoms with E-state index < -0.39 is 174 Å². The lowest BCUT2D eigenvalue weighted by molar-refractivity contribution is -0.182. The lowest BCUT2D eigenvalue weighted by atomic mass is 9.78. The minimum atomic E-state index is -4.51. The monoisotopic (exact) mass is 1480 g/mol. The molecule has 7 fully saturated rings. The van der Waals surface area contributed by atoms with E-state index in [-0.39, 0.29) is 128 Å². The minimum Gasteiger partial charge on any atom is -0.378 e. The van der Waals surface area contributed by atoms with E-state index in [0.29, 0.717) is 44.4 Å². The molecular weight excluding hydrogens is 1360 g/mol. The molecule has 582 valence electrons. The molecule has 1 spiro atoms. The predicted octanol–water partition coefficient (Wildman–Crippen LogP) is 5.97. The molecule has 4 saturated carbocycles. The Morgan fingerprint density at radius 2 is 1.27 bits per heavy atom. The van der Waals surface area contributed by atoms with Crippen LogP contribution in [-0.4, -0.2) is 275 Å². The molecule has 3 unspecified atom stereocenters. The Kier molecular flexibility index (Phi) is 30.8. The summed E-state index contributed by atoms with van der Waals surface area (Å²) in [5.41, 5.74) is -1.56. The van der Waals surface area contributed by atoms with E-state index >= 15 is 33.6 Å². The van der Waals surface area contributed by atoms with Gasteiger partial charge in [-0.2, -0.15) is 13.2 Å². The van der Waals surface area contributed by atoms with E-state index in [4.69, 9.17) is 16.3 Å². The number of fused-ring (bicyclic) bond motifs is 1. The zero-order chi connectivity index (χ0) is 75.9. The molecule has 11 atom stereocenters.